The van der Waals surface area contributed by atoms with Crippen molar-refractivity contribution in [3.05, 3.63) is 53.4 Å². The fourth-order valence-electron chi connectivity index (χ4n) is 1.98. The van der Waals surface area contributed by atoms with Gasteiger partial charge in [0, 0.05) is 10.6 Å². The summed E-state index contributed by atoms with van der Waals surface area (Å²) in [6, 6.07) is 10.9. The van der Waals surface area contributed by atoms with E-state index in [9.17, 15) is 4.79 Å². The maximum absolute atomic E-state index is 12.1. The summed E-state index contributed by atoms with van der Waals surface area (Å²) in [4.78, 5) is 16.5. The van der Waals surface area contributed by atoms with Crippen LogP contribution in [0.1, 0.15) is 12.7 Å². The highest BCUT2D eigenvalue weighted by molar-refractivity contribution is 8.00. The first-order chi connectivity index (χ1) is 11.6. The standard InChI is InChI=1S/C16H15ClN4O2S/c1-10(15(22)18-9-13-3-2-8-23-13)24-16-19-14(20-21-16)11-4-6-12(17)7-5-11/h2-8,10H,9H2,1H3,(H,18,22)(H,19,20,21)/t10-/m0/s1. The van der Waals surface area contributed by atoms with E-state index in [4.69, 9.17) is 16.0 Å². The molecular weight excluding hydrogens is 348 g/mol. The SMILES string of the molecule is C[C@H](Sc1n[nH]c(-c2ccc(Cl)cc2)n1)C(=O)NCc1ccco1. The molecule has 6 nitrogen and oxygen atoms in total. The van der Waals surface area contributed by atoms with Gasteiger partial charge in [0.1, 0.15) is 5.76 Å². The molecule has 124 valence electrons. The van der Waals surface area contributed by atoms with Crippen LogP contribution in [-0.4, -0.2) is 26.3 Å². The first-order valence-electron chi connectivity index (χ1n) is 7.27. The Balaban J connectivity index is 1.57. The Morgan fingerprint density at radius 1 is 1.38 bits per heavy atom. The van der Waals surface area contributed by atoms with Gasteiger partial charge in [0.05, 0.1) is 18.1 Å². The molecule has 0 saturated heterocycles. The van der Waals surface area contributed by atoms with Gasteiger partial charge in [-0.1, -0.05) is 23.4 Å². The number of carbonyl (C=O) groups is 1. The van der Waals surface area contributed by atoms with Crippen molar-refractivity contribution in [2.24, 2.45) is 0 Å². The molecular formula is C16H15ClN4O2S. The van der Waals surface area contributed by atoms with Gasteiger partial charge >= 0.3 is 0 Å². The quantitative estimate of drug-likeness (QED) is 0.655. The number of aromatic amines is 1. The Labute approximate surface area is 148 Å². The number of H-pyrrole nitrogens is 1. The molecule has 0 aliphatic carbocycles. The van der Waals surface area contributed by atoms with E-state index in [1.807, 2.05) is 18.2 Å². The predicted molar refractivity (Wildman–Crippen MR) is 92.7 cm³/mol. The lowest BCUT2D eigenvalue weighted by Crippen LogP contribution is -2.30. The normalized spacial score (nSPS) is 12.1. The minimum absolute atomic E-state index is 0.103. The molecule has 0 radical (unpaired) electrons. The Bertz CT molecular complexity index is 802. The Hall–Kier alpha value is -2.25. The molecule has 0 bridgehead atoms. The van der Waals surface area contributed by atoms with Crippen LogP contribution in [0.15, 0.2) is 52.2 Å². The van der Waals surface area contributed by atoms with E-state index in [-0.39, 0.29) is 11.2 Å². The number of amides is 1. The smallest absolute Gasteiger partial charge is 0.233 e. The fraction of sp³-hybridized carbons (Fsp3) is 0.188. The minimum Gasteiger partial charge on any atom is -0.467 e. The molecule has 1 aromatic carbocycles. The Morgan fingerprint density at radius 3 is 2.88 bits per heavy atom. The Kier molecular flexibility index (Phi) is 5.22. The molecule has 0 saturated carbocycles. The molecule has 2 heterocycles. The number of furan rings is 1. The largest absolute Gasteiger partial charge is 0.467 e. The molecule has 0 fully saturated rings. The number of carbonyl (C=O) groups excluding carboxylic acids is 1. The molecule has 2 aromatic heterocycles. The van der Waals surface area contributed by atoms with E-state index in [1.54, 1.807) is 31.4 Å². The third-order valence-corrected chi connectivity index (χ3v) is 4.46. The maximum Gasteiger partial charge on any atom is 0.233 e. The van der Waals surface area contributed by atoms with Crippen LogP contribution < -0.4 is 5.32 Å². The van der Waals surface area contributed by atoms with E-state index < -0.39 is 0 Å². The van der Waals surface area contributed by atoms with Crippen molar-refractivity contribution >= 4 is 29.3 Å². The number of nitrogens with one attached hydrogen (secondary N) is 2. The summed E-state index contributed by atoms with van der Waals surface area (Å²) >= 11 is 7.16. The van der Waals surface area contributed by atoms with Crippen LogP contribution in [0.25, 0.3) is 11.4 Å². The van der Waals surface area contributed by atoms with Crippen molar-refractivity contribution in [1.82, 2.24) is 20.5 Å². The van der Waals surface area contributed by atoms with E-state index in [0.29, 0.717) is 28.3 Å². The molecule has 24 heavy (non-hydrogen) atoms. The molecule has 8 heteroatoms. The summed E-state index contributed by atoms with van der Waals surface area (Å²) in [5, 5.41) is 10.7. The van der Waals surface area contributed by atoms with Gasteiger partial charge in [-0.15, -0.1) is 5.10 Å². The van der Waals surface area contributed by atoms with Crippen LogP contribution >= 0.6 is 23.4 Å². The number of rotatable bonds is 6. The summed E-state index contributed by atoms with van der Waals surface area (Å²) in [5.74, 6) is 1.25. The van der Waals surface area contributed by atoms with E-state index >= 15 is 0 Å². The van der Waals surface area contributed by atoms with Crippen LogP contribution in [-0.2, 0) is 11.3 Å². The molecule has 0 aliphatic rings. The number of hydrogen-bond donors (Lipinski definition) is 2. The summed E-state index contributed by atoms with van der Waals surface area (Å²) < 4.78 is 5.18. The monoisotopic (exact) mass is 362 g/mol. The summed E-state index contributed by atoms with van der Waals surface area (Å²) in [7, 11) is 0. The third kappa shape index (κ3) is 4.18. The molecule has 3 aromatic rings. The number of nitrogens with zero attached hydrogens (tertiary/aromatic N) is 2. The highest BCUT2D eigenvalue weighted by Gasteiger charge is 2.17. The predicted octanol–water partition coefficient (Wildman–Crippen LogP) is 3.52. The van der Waals surface area contributed by atoms with Gasteiger partial charge in [-0.2, -0.15) is 0 Å². The first-order valence-corrected chi connectivity index (χ1v) is 8.52. The molecule has 1 amide bonds. The van der Waals surface area contributed by atoms with Gasteiger partial charge in [-0.25, -0.2) is 4.98 Å². The number of aromatic nitrogens is 3. The molecule has 0 aliphatic heterocycles. The highest BCUT2D eigenvalue weighted by Crippen LogP contribution is 2.23. The van der Waals surface area contributed by atoms with E-state index in [2.05, 4.69) is 20.5 Å². The van der Waals surface area contributed by atoms with Gasteiger partial charge in [0.2, 0.25) is 11.1 Å². The zero-order valence-corrected chi connectivity index (χ0v) is 14.4. The molecule has 3 rings (SSSR count). The third-order valence-electron chi connectivity index (χ3n) is 3.25. The number of benzene rings is 1. The first kappa shape index (κ1) is 16.6. The van der Waals surface area contributed by atoms with Crippen molar-refractivity contribution in [1.29, 1.82) is 0 Å². The lowest BCUT2D eigenvalue weighted by molar-refractivity contribution is -0.120. The van der Waals surface area contributed by atoms with Gasteiger partial charge in [-0.05, 0) is 43.3 Å². The zero-order chi connectivity index (χ0) is 16.9. The second kappa shape index (κ2) is 7.55. The van der Waals surface area contributed by atoms with Crippen LogP contribution in [0.3, 0.4) is 0 Å². The molecule has 0 unspecified atom stereocenters. The Morgan fingerprint density at radius 2 is 2.17 bits per heavy atom. The fourth-order valence-corrected chi connectivity index (χ4v) is 2.85. The molecule has 1 atom stereocenters. The highest BCUT2D eigenvalue weighted by atomic mass is 35.5. The number of thioether (sulfide) groups is 1. The lowest BCUT2D eigenvalue weighted by atomic mass is 10.2. The summed E-state index contributed by atoms with van der Waals surface area (Å²) in [6.45, 7) is 2.17. The lowest BCUT2D eigenvalue weighted by Gasteiger charge is -2.08. The van der Waals surface area contributed by atoms with Crippen LogP contribution in [0, 0.1) is 0 Å². The van der Waals surface area contributed by atoms with Crippen LogP contribution in [0.2, 0.25) is 5.02 Å². The van der Waals surface area contributed by atoms with Crippen LogP contribution in [0.5, 0.6) is 0 Å². The topological polar surface area (TPSA) is 83.8 Å². The van der Waals surface area contributed by atoms with Crippen molar-refractivity contribution in [2.75, 3.05) is 0 Å². The number of halogens is 1. The van der Waals surface area contributed by atoms with Crippen LogP contribution in [0.4, 0.5) is 0 Å². The zero-order valence-electron chi connectivity index (χ0n) is 12.8. The summed E-state index contributed by atoms with van der Waals surface area (Å²) in [6.07, 6.45) is 1.58. The minimum atomic E-state index is -0.325. The molecule has 2 N–H and O–H groups in total. The van der Waals surface area contributed by atoms with Gasteiger partial charge < -0.3 is 9.73 Å². The van der Waals surface area contributed by atoms with Crippen molar-refractivity contribution < 1.29 is 9.21 Å². The average molecular weight is 363 g/mol. The van der Waals surface area contributed by atoms with Crippen molar-refractivity contribution in [2.45, 2.75) is 23.9 Å². The average Bonchev–Trinajstić information content (AvgIpc) is 3.25. The second-order valence-electron chi connectivity index (χ2n) is 5.03. The molecule has 0 spiro atoms. The maximum atomic E-state index is 12.1. The van der Waals surface area contributed by atoms with Gasteiger partial charge in [0.25, 0.3) is 0 Å². The summed E-state index contributed by atoms with van der Waals surface area (Å²) in [5.41, 5.74) is 0.883. The second-order valence-corrected chi connectivity index (χ2v) is 6.78. The van der Waals surface area contributed by atoms with Crippen molar-refractivity contribution in [3.63, 3.8) is 0 Å². The van der Waals surface area contributed by atoms with E-state index in [0.717, 1.165) is 5.56 Å². The van der Waals surface area contributed by atoms with E-state index in [1.165, 1.54) is 11.8 Å². The van der Waals surface area contributed by atoms with Crippen molar-refractivity contribution in [3.8, 4) is 11.4 Å². The van der Waals surface area contributed by atoms with Gasteiger partial charge in [-0.3, -0.25) is 9.89 Å². The van der Waals surface area contributed by atoms with Gasteiger partial charge in [0.15, 0.2) is 5.82 Å². The number of hydrogen-bond acceptors (Lipinski definition) is 5.